The van der Waals surface area contributed by atoms with Crippen LogP contribution in [0.15, 0.2) is 12.4 Å². The number of hydrogen-bond acceptors (Lipinski definition) is 6. The fourth-order valence-corrected chi connectivity index (χ4v) is 4.40. The average Bonchev–Trinajstić information content (AvgIpc) is 2.75. The van der Waals surface area contributed by atoms with Crippen molar-refractivity contribution in [3.63, 3.8) is 0 Å². The third-order valence-electron chi connectivity index (χ3n) is 5.96. The molecule has 31 heavy (non-hydrogen) atoms. The predicted octanol–water partition coefficient (Wildman–Crippen LogP) is 3.19. The van der Waals surface area contributed by atoms with Gasteiger partial charge in [0.2, 0.25) is 5.91 Å². The van der Waals surface area contributed by atoms with Gasteiger partial charge in [0.25, 0.3) is 5.91 Å². The number of nitrogens with zero attached hydrogens (tertiary/aromatic N) is 6. The van der Waals surface area contributed by atoms with Crippen molar-refractivity contribution >= 4 is 17.6 Å². The molecule has 4 heterocycles. The number of likely N-dealkylation sites (tertiary alicyclic amines) is 1. The highest BCUT2D eigenvalue weighted by Crippen LogP contribution is 2.34. The van der Waals surface area contributed by atoms with E-state index in [1.165, 1.54) is 6.20 Å². The first-order valence-corrected chi connectivity index (χ1v) is 11.1. The average molecular weight is 423 g/mol. The maximum absolute atomic E-state index is 13.2. The van der Waals surface area contributed by atoms with Gasteiger partial charge in [0, 0.05) is 37.0 Å². The summed E-state index contributed by atoms with van der Waals surface area (Å²) >= 11 is 0. The maximum atomic E-state index is 13.2. The number of amides is 2. The molecule has 2 aromatic rings. The van der Waals surface area contributed by atoms with Crippen molar-refractivity contribution in [1.82, 2.24) is 24.8 Å². The van der Waals surface area contributed by atoms with Crippen molar-refractivity contribution in [2.45, 2.75) is 65.8 Å². The summed E-state index contributed by atoms with van der Waals surface area (Å²) in [5.74, 6) is 1.64. The lowest BCUT2D eigenvalue weighted by atomic mass is 9.98. The van der Waals surface area contributed by atoms with E-state index in [1.54, 1.807) is 6.20 Å². The molecular weight excluding hydrogens is 392 g/mol. The maximum Gasteiger partial charge on any atom is 0.274 e. The van der Waals surface area contributed by atoms with Crippen LogP contribution in [0, 0.1) is 19.8 Å². The van der Waals surface area contributed by atoms with Gasteiger partial charge in [-0.3, -0.25) is 19.5 Å². The minimum absolute atomic E-state index is 0.108. The van der Waals surface area contributed by atoms with E-state index >= 15 is 0 Å². The van der Waals surface area contributed by atoms with Gasteiger partial charge in [-0.15, -0.1) is 0 Å². The van der Waals surface area contributed by atoms with Crippen molar-refractivity contribution in [1.29, 1.82) is 0 Å². The molecule has 0 aromatic carbocycles. The zero-order valence-electron chi connectivity index (χ0n) is 18.8. The quantitative estimate of drug-likeness (QED) is 0.751. The Kier molecular flexibility index (Phi) is 5.98. The molecule has 4 rings (SSSR count). The zero-order valence-corrected chi connectivity index (χ0v) is 18.8. The van der Waals surface area contributed by atoms with E-state index in [0.29, 0.717) is 43.4 Å². The first kappa shape index (κ1) is 21.3. The number of aryl methyl sites for hydroxylation is 2. The van der Waals surface area contributed by atoms with Crippen LogP contribution in [0.2, 0.25) is 0 Å². The Bertz CT molecular complexity index is 988. The number of hydrogen-bond donors (Lipinski definition) is 0. The van der Waals surface area contributed by atoms with Crippen LogP contribution in [0.3, 0.4) is 0 Å². The summed E-state index contributed by atoms with van der Waals surface area (Å²) in [7, 11) is 0. The van der Waals surface area contributed by atoms with Crippen LogP contribution in [0.25, 0.3) is 0 Å². The van der Waals surface area contributed by atoms with E-state index in [1.807, 2.05) is 23.6 Å². The zero-order chi connectivity index (χ0) is 22.1. The minimum atomic E-state index is -0.230. The van der Waals surface area contributed by atoms with Crippen LogP contribution in [0.1, 0.15) is 78.8 Å². The molecule has 8 nitrogen and oxygen atoms in total. The molecule has 0 N–H and O–H groups in total. The van der Waals surface area contributed by atoms with Gasteiger partial charge in [0.15, 0.2) is 5.82 Å². The summed E-state index contributed by atoms with van der Waals surface area (Å²) in [6.45, 7) is 9.29. The standard InChI is InChI=1S/C23H30N6O2/c1-14(2)13-29-20(30)9-8-17-16(4)26-21(27-22(17)29)19-7-5-6-10-28(19)23(31)18-12-24-15(3)11-25-18/h11-12,14,19H,5-10,13H2,1-4H3. The number of anilines is 1. The smallest absolute Gasteiger partial charge is 0.274 e. The first-order valence-electron chi connectivity index (χ1n) is 11.1. The van der Waals surface area contributed by atoms with Crippen molar-refractivity contribution in [2.24, 2.45) is 5.92 Å². The third kappa shape index (κ3) is 4.29. The first-order chi connectivity index (χ1) is 14.8. The Labute approximate surface area is 183 Å². The second-order valence-electron chi connectivity index (χ2n) is 8.92. The summed E-state index contributed by atoms with van der Waals surface area (Å²) in [6.07, 6.45) is 7.03. The van der Waals surface area contributed by atoms with Crippen molar-refractivity contribution in [3.05, 3.63) is 40.9 Å². The van der Waals surface area contributed by atoms with Gasteiger partial charge < -0.3 is 4.90 Å². The van der Waals surface area contributed by atoms with Gasteiger partial charge in [-0.05, 0) is 45.4 Å². The van der Waals surface area contributed by atoms with E-state index < -0.39 is 0 Å². The molecule has 1 unspecified atom stereocenters. The summed E-state index contributed by atoms with van der Waals surface area (Å²) in [4.78, 5) is 47.7. The summed E-state index contributed by atoms with van der Waals surface area (Å²) in [5, 5.41) is 0. The lowest BCUT2D eigenvalue weighted by molar-refractivity contribution is -0.119. The molecule has 2 aromatic heterocycles. The molecule has 1 fully saturated rings. The summed E-state index contributed by atoms with van der Waals surface area (Å²) in [6, 6.07) is -0.230. The van der Waals surface area contributed by atoms with Crippen LogP contribution in [-0.2, 0) is 11.2 Å². The molecule has 0 spiro atoms. The normalized spacial score (nSPS) is 19.0. The van der Waals surface area contributed by atoms with Crippen LogP contribution >= 0.6 is 0 Å². The molecule has 0 saturated carbocycles. The monoisotopic (exact) mass is 422 g/mol. The molecule has 0 aliphatic carbocycles. The molecule has 1 atom stereocenters. The Hall–Kier alpha value is -2.90. The molecule has 2 aliphatic heterocycles. The van der Waals surface area contributed by atoms with Crippen LogP contribution in [-0.4, -0.2) is 49.7 Å². The SMILES string of the molecule is Cc1cnc(C(=O)N2CCCCC2c2nc(C)c3c(n2)N(CC(C)C)C(=O)CC3)cn1. The van der Waals surface area contributed by atoms with Crippen LogP contribution in [0.5, 0.6) is 0 Å². The number of aromatic nitrogens is 4. The minimum Gasteiger partial charge on any atom is -0.327 e. The fraction of sp³-hybridized carbons (Fsp3) is 0.565. The lowest BCUT2D eigenvalue weighted by Crippen LogP contribution is -2.42. The summed E-state index contributed by atoms with van der Waals surface area (Å²) in [5.41, 5.74) is 3.05. The van der Waals surface area contributed by atoms with Gasteiger partial charge in [-0.1, -0.05) is 13.8 Å². The molecule has 2 amide bonds. The number of carbonyl (C=O) groups is 2. The highest BCUT2D eigenvalue weighted by molar-refractivity contribution is 5.95. The van der Waals surface area contributed by atoms with Crippen molar-refractivity contribution in [3.8, 4) is 0 Å². The second-order valence-corrected chi connectivity index (χ2v) is 8.92. The van der Waals surface area contributed by atoms with E-state index in [2.05, 4.69) is 23.8 Å². The third-order valence-corrected chi connectivity index (χ3v) is 5.96. The van der Waals surface area contributed by atoms with Crippen LogP contribution < -0.4 is 4.90 Å². The highest BCUT2D eigenvalue weighted by atomic mass is 16.2. The Morgan fingerprint density at radius 3 is 2.65 bits per heavy atom. The summed E-state index contributed by atoms with van der Waals surface area (Å²) < 4.78 is 0. The molecule has 0 radical (unpaired) electrons. The van der Waals surface area contributed by atoms with Gasteiger partial charge in [0.1, 0.15) is 11.5 Å². The Morgan fingerprint density at radius 1 is 1.13 bits per heavy atom. The van der Waals surface area contributed by atoms with Gasteiger partial charge in [-0.25, -0.2) is 15.0 Å². The van der Waals surface area contributed by atoms with Crippen molar-refractivity contribution < 1.29 is 9.59 Å². The van der Waals surface area contributed by atoms with Gasteiger partial charge in [0.05, 0.1) is 17.9 Å². The molecule has 164 valence electrons. The van der Waals surface area contributed by atoms with Gasteiger partial charge in [-0.2, -0.15) is 0 Å². The second kappa shape index (κ2) is 8.69. The molecule has 2 aliphatic rings. The molecule has 1 saturated heterocycles. The van der Waals surface area contributed by atoms with Gasteiger partial charge >= 0.3 is 0 Å². The highest BCUT2D eigenvalue weighted by Gasteiger charge is 2.34. The van der Waals surface area contributed by atoms with Crippen molar-refractivity contribution in [2.75, 3.05) is 18.0 Å². The van der Waals surface area contributed by atoms with E-state index in [0.717, 1.165) is 42.0 Å². The van der Waals surface area contributed by atoms with Crippen LogP contribution in [0.4, 0.5) is 5.82 Å². The Balaban J connectivity index is 1.71. The number of carbonyl (C=O) groups excluding carboxylic acids is 2. The topological polar surface area (TPSA) is 92.2 Å². The number of piperidine rings is 1. The van der Waals surface area contributed by atoms with E-state index in [4.69, 9.17) is 9.97 Å². The van der Waals surface area contributed by atoms with E-state index in [-0.39, 0.29) is 17.9 Å². The lowest BCUT2D eigenvalue weighted by Gasteiger charge is -2.36. The molecule has 0 bridgehead atoms. The Morgan fingerprint density at radius 2 is 1.94 bits per heavy atom. The fourth-order valence-electron chi connectivity index (χ4n) is 4.40. The number of rotatable bonds is 4. The largest absolute Gasteiger partial charge is 0.327 e. The van der Waals surface area contributed by atoms with E-state index in [9.17, 15) is 9.59 Å². The predicted molar refractivity (Wildman–Crippen MR) is 117 cm³/mol. The molecular formula is C23H30N6O2. The molecule has 8 heteroatoms. The number of fused-ring (bicyclic) bond motifs is 1.